The zero-order chi connectivity index (χ0) is 12.0. The van der Waals surface area contributed by atoms with Gasteiger partial charge in [0.1, 0.15) is 0 Å². The summed E-state index contributed by atoms with van der Waals surface area (Å²) >= 11 is 6.08. The van der Waals surface area contributed by atoms with Crippen molar-refractivity contribution in [2.24, 2.45) is 5.92 Å². The maximum Gasteiger partial charge on any atom is 0.0831 e. The maximum atomic E-state index is 6.08. The van der Waals surface area contributed by atoms with Gasteiger partial charge >= 0.3 is 0 Å². The summed E-state index contributed by atoms with van der Waals surface area (Å²) < 4.78 is 6.92. The number of aromatic nitrogens is 2. The van der Waals surface area contributed by atoms with Gasteiger partial charge in [-0.05, 0) is 12.5 Å². The lowest BCUT2D eigenvalue weighted by atomic mass is 10.2. The van der Waals surface area contributed by atoms with Crippen molar-refractivity contribution in [3.05, 3.63) is 16.9 Å². The first-order chi connectivity index (χ1) is 7.65. The molecule has 92 valence electrons. The lowest BCUT2D eigenvalue weighted by molar-refractivity contribution is 0.182. The van der Waals surface area contributed by atoms with E-state index in [0.29, 0.717) is 17.5 Å². The molecule has 5 heteroatoms. The van der Waals surface area contributed by atoms with E-state index in [2.05, 4.69) is 24.3 Å². The molecule has 0 aliphatic heterocycles. The average Bonchev–Trinajstić information content (AvgIpc) is 2.57. The van der Waals surface area contributed by atoms with Crippen LogP contribution in [0.1, 0.15) is 19.5 Å². The van der Waals surface area contributed by atoms with Crippen LogP contribution < -0.4 is 5.32 Å². The van der Waals surface area contributed by atoms with E-state index in [1.165, 1.54) is 0 Å². The molecule has 1 N–H and O–H groups in total. The second kappa shape index (κ2) is 6.89. The van der Waals surface area contributed by atoms with Crippen LogP contribution in [-0.4, -0.2) is 30.0 Å². The van der Waals surface area contributed by atoms with Crippen molar-refractivity contribution in [2.75, 3.05) is 20.3 Å². The van der Waals surface area contributed by atoms with Crippen LogP contribution in [0.4, 0.5) is 0 Å². The number of rotatable bonds is 7. The first kappa shape index (κ1) is 13.5. The van der Waals surface area contributed by atoms with E-state index in [0.717, 1.165) is 25.3 Å². The van der Waals surface area contributed by atoms with Crippen molar-refractivity contribution in [3.8, 4) is 0 Å². The zero-order valence-corrected chi connectivity index (χ0v) is 10.9. The van der Waals surface area contributed by atoms with Gasteiger partial charge in [0.15, 0.2) is 0 Å². The Labute approximate surface area is 102 Å². The Morgan fingerprint density at radius 3 is 2.94 bits per heavy atom. The van der Waals surface area contributed by atoms with Crippen LogP contribution in [0, 0.1) is 5.92 Å². The third-order valence-corrected chi connectivity index (χ3v) is 2.57. The van der Waals surface area contributed by atoms with Crippen molar-refractivity contribution in [3.63, 3.8) is 0 Å². The van der Waals surface area contributed by atoms with Gasteiger partial charge in [0, 0.05) is 13.7 Å². The highest BCUT2D eigenvalue weighted by Crippen LogP contribution is 2.14. The molecule has 0 bridgehead atoms. The monoisotopic (exact) mass is 245 g/mol. The van der Waals surface area contributed by atoms with Gasteiger partial charge in [-0.1, -0.05) is 25.4 Å². The van der Waals surface area contributed by atoms with Crippen molar-refractivity contribution in [2.45, 2.75) is 26.9 Å². The Hall–Kier alpha value is -0.580. The molecule has 1 heterocycles. The first-order valence-corrected chi connectivity index (χ1v) is 5.92. The van der Waals surface area contributed by atoms with Crippen LogP contribution in [-0.2, 0) is 17.8 Å². The van der Waals surface area contributed by atoms with Crippen LogP contribution >= 0.6 is 11.6 Å². The highest BCUT2D eigenvalue weighted by atomic mass is 35.5. The standard InChI is InChI=1S/C11H20ClN3O/c1-9(2)6-13-8-11-10(12)7-14-15(11)4-5-16-3/h7,9,13H,4-6,8H2,1-3H3. The second-order valence-electron chi connectivity index (χ2n) is 4.18. The third kappa shape index (κ3) is 4.12. The van der Waals surface area contributed by atoms with Gasteiger partial charge in [0.25, 0.3) is 0 Å². The summed E-state index contributed by atoms with van der Waals surface area (Å²) in [5, 5.41) is 8.29. The molecule has 1 aromatic rings. The zero-order valence-electron chi connectivity index (χ0n) is 10.2. The Bertz CT molecular complexity index is 312. The van der Waals surface area contributed by atoms with E-state index in [-0.39, 0.29) is 0 Å². The summed E-state index contributed by atoms with van der Waals surface area (Å²) in [6.45, 7) is 7.47. The van der Waals surface area contributed by atoms with Gasteiger partial charge in [-0.15, -0.1) is 0 Å². The Morgan fingerprint density at radius 2 is 2.31 bits per heavy atom. The van der Waals surface area contributed by atoms with Crippen LogP contribution in [0.25, 0.3) is 0 Å². The Kier molecular flexibility index (Phi) is 5.80. The smallest absolute Gasteiger partial charge is 0.0831 e. The first-order valence-electron chi connectivity index (χ1n) is 5.55. The molecule has 1 rings (SSSR count). The molecule has 0 aromatic carbocycles. The van der Waals surface area contributed by atoms with E-state index in [9.17, 15) is 0 Å². The molecule has 4 nitrogen and oxygen atoms in total. The number of methoxy groups -OCH3 is 1. The number of nitrogens with zero attached hydrogens (tertiary/aromatic N) is 2. The molecule has 0 atom stereocenters. The summed E-state index contributed by atoms with van der Waals surface area (Å²) in [5.74, 6) is 0.633. The van der Waals surface area contributed by atoms with Gasteiger partial charge in [-0.25, -0.2) is 0 Å². The number of nitrogens with one attached hydrogen (secondary N) is 1. The molecule has 0 saturated heterocycles. The van der Waals surface area contributed by atoms with E-state index < -0.39 is 0 Å². The second-order valence-corrected chi connectivity index (χ2v) is 4.59. The summed E-state index contributed by atoms with van der Waals surface area (Å²) in [4.78, 5) is 0. The van der Waals surface area contributed by atoms with Crippen LogP contribution in [0.2, 0.25) is 5.02 Å². The third-order valence-electron chi connectivity index (χ3n) is 2.25. The van der Waals surface area contributed by atoms with Crippen molar-refractivity contribution < 1.29 is 4.74 Å². The topological polar surface area (TPSA) is 39.1 Å². The minimum atomic E-state index is 0.633. The molecular formula is C11H20ClN3O. The summed E-state index contributed by atoms with van der Waals surface area (Å²) in [7, 11) is 1.68. The fraction of sp³-hybridized carbons (Fsp3) is 0.727. The van der Waals surface area contributed by atoms with E-state index in [4.69, 9.17) is 16.3 Å². The number of hydrogen-bond donors (Lipinski definition) is 1. The van der Waals surface area contributed by atoms with Gasteiger partial charge < -0.3 is 10.1 Å². The quantitative estimate of drug-likeness (QED) is 0.798. The highest BCUT2D eigenvalue weighted by molar-refractivity contribution is 6.31. The minimum Gasteiger partial charge on any atom is -0.383 e. The molecule has 0 aliphatic rings. The summed E-state index contributed by atoms with van der Waals surface area (Å²) in [6.07, 6.45) is 1.68. The number of halogens is 1. The fourth-order valence-electron chi connectivity index (χ4n) is 1.41. The molecule has 16 heavy (non-hydrogen) atoms. The van der Waals surface area contributed by atoms with E-state index in [1.807, 2.05) is 4.68 Å². The van der Waals surface area contributed by atoms with Crippen molar-refractivity contribution in [1.29, 1.82) is 0 Å². The summed E-state index contributed by atoms with van der Waals surface area (Å²) in [6, 6.07) is 0. The minimum absolute atomic E-state index is 0.633. The predicted molar refractivity (Wildman–Crippen MR) is 65.7 cm³/mol. The predicted octanol–water partition coefficient (Wildman–Crippen LogP) is 1.93. The number of hydrogen-bond acceptors (Lipinski definition) is 3. The van der Waals surface area contributed by atoms with Gasteiger partial charge in [0.2, 0.25) is 0 Å². The van der Waals surface area contributed by atoms with E-state index in [1.54, 1.807) is 13.3 Å². The van der Waals surface area contributed by atoms with Crippen LogP contribution in [0.5, 0.6) is 0 Å². The SMILES string of the molecule is COCCn1ncc(Cl)c1CNCC(C)C. The fourth-order valence-corrected chi connectivity index (χ4v) is 1.62. The van der Waals surface area contributed by atoms with Gasteiger partial charge in [-0.3, -0.25) is 4.68 Å². The van der Waals surface area contributed by atoms with Crippen LogP contribution in [0.3, 0.4) is 0 Å². The van der Waals surface area contributed by atoms with Gasteiger partial charge in [-0.2, -0.15) is 5.10 Å². The molecule has 0 spiro atoms. The highest BCUT2D eigenvalue weighted by Gasteiger charge is 2.08. The van der Waals surface area contributed by atoms with Crippen molar-refractivity contribution in [1.82, 2.24) is 15.1 Å². The molecule has 0 radical (unpaired) electrons. The maximum absolute atomic E-state index is 6.08. The Balaban J connectivity index is 2.52. The Morgan fingerprint density at radius 1 is 1.56 bits per heavy atom. The summed E-state index contributed by atoms with van der Waals surface area (Å²) in [5.41, 5.74) is 1.03. The molecule has 0 fully saturated rings. The normalized spacial score (nSPS) is 11.3. The molecule has 0 amide bonds. The van der Waals surface area contributed by atoms with Crippen molar-refractivity contribution >= 4 is 11.6 Å². The van der Waals surface area contributed by atoms with Gasteiger partial charge in [0.05, 0.1) is 30.1 Å². The molecule has 1 aromatic heterocycles. The number of ether oxygens (including phenoxy) is 1. The molecule has 0 saturated carbocycles. The average molecular weight is 246 g/mol. The lowest BCUT2D eigenvalue weighted by Gasteiger charge is -2.10. The largest absolute Gasteiger partial charge is 0.383 e. The van der Waals surface area contributed by atoms with E-state index >= 15 is 0 Å². The lowest BCUT2D eigenvalue weighted by Crippen LogP contribution is -2.22. The van der Waals surface area contributed by atoms with Crippen LogP contribution in [0.15, 0.2) is 6.20 Å². The molecule has 0 aliphatic carbocycles. The molecule has 0 unspecified atom stereocenters. The molecular weight excluding hydrogens is 226 g/mol.